The monoisotopic (exact) mass is 321 g/mol. The zero-order valence-corrected chi connectivity index (χ0v) is 11.5. The number of imidazole rings is 1. The number of rotatable bonds is 3. The summed E-state index contributed by atoms with van der Waals surface area (Å²) in [5.41, 5.74) is -0.266. The first kappa shape index (κ1) is 15.3. The van der Waals surface area contributed by atoms with E-state index in [0.717, 1.165) is 10.7 Å². The van der Waals surface area contributed by atoms with Crippen LogP contribution in [0.3, 0.4) is 0 Å². The molecule has 0 saturated heterocycles. The molecule has 6 nitrogen and oxygen atoms in total. The smallest absolute Gasteiger partial charge is 0.342 e. The second-order valence-corrected chi connectivity index (χ2v) is 6.18. The second kappa shape index (κ2) is 5.02. The third kappa shape index (κ3) is 3.32. The minimum atomic E-state index is -4.56. The standard InChI is InChI=1S/C11H10F3N3O3S/c1-21(19,20)10-16-8(7-4-2-3-5-17(7)10)9(18)15-6-11(12,13)14/h2-5H,6H2,1H3,(H,15,18). The van der Waals surface area contributed by atoms with E-state index in [4.69, 9.17) is 0 Å². The van der Waals surface area contributed by atoms with E-state index >= 15 is 0 Å². The predicted octanol–water partition coefficient (Wildman–Crippen LogP) is 1.03. The summed E-state index contributed by atoms with van der Waals surface area (Å²) < 4.78 is 60.7. The van der Waals surface area contributed by atoms with Gasteiger partial charge in [-0.05, 0) is 12.1 Å². The number of alkyl halides is 3. The van der Waals surface area contributed by atoms with E-state index in [1.54, 1.807) is 5.32 Å². The van der Waals surface area contributed by atoms with E-state index in [9.17, 15) is 26.4 Å². The number of hydrogen-bond donors (Lipinski definition) is 1. The number of hydrogen-bond acceptors (Lipinski definition) is 4. The number of carbonyl (C=O) groups excluding carboxylic acids is 1. The first-order valence-electron chi connectivity index (χ1n) is 5.62. The predicted molar refractivity (Wildman–Crippen MR) is 66.7 cm³/mol. The number of amides is 1. The van der Waals surface area contributed by atoms with Gasteiger partial charge in [-0.2, -0.15) is 13.2 Å². The summed E-state index contributed by atoms with van der Waals surface area (Å²) >= 11 is 0. The molecule has 2 heterocycles. The van der Waals surface area contributed by atoms with E-state index in [2.05, 4.69) is 4.98 Å². The van der Waals surface area contributed by atoms with Gasteiger partial charge in [-0.25, -0.2) is 13.4 Å². The van der Waals surface area contributed by atoms with Crippen LogP contribution in [0, 0.1) is 0 Å². The molecule has 10 heteroatoms. The Kier molecular flexibility index (Phi) is 3.66. The first-order chi connectivity index (χ1) is 9.59. The van der Waals surface area contributed by atoms with Gasteiger partial charge < -0.3 is 5.32 Å². The lowest BCUT2D eigenvalue weighted by atomic mass is 10.3. The highest BCUT2D eigenvalue weighted by molar-refractivity contribution is 7.90. The molecule has 2 aromatic rings. The summed E-state index contributed by atoms with van der Waals surface area (Å²) in [6, 6.07) is 4.43. The van der Waals surface area contributed by atoms with Crippen LogP contribution in [0.15, 0.2) is 29.6 Å². The highest BCUT2D eigenvalue weighted by atomic mass is 32.2. The van der Waals surface area contributed by atoms with Crippen LogP contribution in [0.2, 0.25) is 0 Å². The number of nitrogens with one attached hydrogen (secondary N) is 1. The maximum Gasteiger partial charge on any atom is 0.405 e. The van der Waals surface area contributed by atoms with E-state index in [1.165, 1.54) is 24.4 Å². The molecular weight excluding hydrogens is 311 g/mol. The Morgan fingerprint density at radius 2 is 2.05 bits per heavy atom. The van der Waals surface area contributed by atoms with Crippen LogP contribution in [0.25, 0.3) is 5.52 Å². The lowest BCUT2D eigenvalue weighted by Gasteiger charge is -2.06. The van der Waals surface area contributed by atoms with Crippen LogP contribution < -0.4 is 5.32 Å². The Balaban J connectivity index is 2.48. The maximum atomic E-state index is 12.1. The SMILES string of the molecule is CS(=O)(=O)c1nc(C(=O)NCC(F)(F)F)c2ccccn12. The number of aromatic nitrogens is 2. The molecule has 0 aliphatic rings. The third-order valence-corrected chi connectivity index (χ3v) is 3.46. The van der Waals surface area contributed by atoms with Crippen molar-refractivity contribution < 1.29 is 26.4 Å². The Morgan fingerprint density at radius 3 is 2.62 bits per heavy atom. The molecule has 0 saturated carbocycles. The van der Waals surface area contributed by atoms with Crippen molar-refractivity contribution >= 4 is 21.3 Å². The molecule has 0 atom stereocenters. The molecule has 0 aromatic carbocycles. The highest BCUT2D eigenvalue weighted by Gasteiger charge is 2.29. The van der Waals surface area contributed by atoms with Crippen LogP contribution in [-0.4, -0.2) is 42.7 Å². The fourth-order valence-electron chi connectivity index (χ4n) is 1.70. The Bertz CT molecular complexity index is 796. The summed E-state index contributed by atoms with van der Waals surface area (Å²) in [5, 5.41) is 1.25. The minimum Gasteiger partial charge on any atom is -0.342 e. The topological polar surface area (TPSA) is 80.5 Å². The molecule has 1 amide bonds. The molecule has 0 unspecified atom stereocenters. The molecule has 2 rings (SSSR count). The summed E-state index contributed by atoms with van der Waals surface area (Å²) in [4.78, 5) is 15.4. The van der Waals surface area contributed by atoms with Gasteiger partial charge in [0.25, 0.3) is 5.91 Å². The van der Waals surface area contributed by atoms with Gasteiger partial charge in [-0.3, -0.25) is 9.20 Å². The molecule has 0 aliphatic carbocycles. The average molecular weight is 321 g/mol. The van der Waals surface area contributed by atoms with Crippen LogP contribution in [0.5, 0.6) is 0 Å². The van der Waals surface area contributed by atoms with E-state index < -0.39 is 33.6 Å². The molecule has 0 radical (unpaired) electrons. The normalized spacial score (nSPS) is 12.6. The van der Waals surface area contributed by atoms with Crippen molar-refractivity contribution in [2.75, 3.05) is 12.8 Å². The highest BCUT2D eigenvalue weighted by Crippen LogP contribution is 2.18. The molecule has 0 fully saturated rings. The lowest BCUT2D eigenvalue weighted by Crippen LogP contribution is -2.34. The van der Waals surface area contributed by atoms with Gasteiger partial charge in [0.15, 0.2) is 5.69 Å². The van der Waals surface area contributed by atoms with Gasteiger partial charge in [0.05, 0.1) is 5.52 Å². The molecule has 21 heavy (non-hydrogen) atoms. The third-order valence-electron chi connectivity index (χ3n) is 2.51. The quantitative estimate of drug-likeness (QED) is 0.915. The van der Waals surface area contributed by atoms with Crippen molar-refractivity contribution in [1.82, 2.24) is 14.7 Å². The van der Waals surface area contributed by atoms with Gasteiger partial charge in [0, 0.05) is 12.5 Å². The summed E-state index contributed by atoms with van der Waals surface area (Å²) in [6.45, 7) is -1.52. The maximum absolute atomic E-state index is 12.1. The number of nitrogens with zero attached hydrogens (tertiary/aromatic N) is 2. The Morgan fingerprint density at radius 1 is 1.38 bits per heavy atom. The van der Waals surface area contributed by atoms with Crippen molar-refractivity contribution in [2.45, 2.75) is 11.3 Å². The fourth-order valence-corrected chi connectivity index (χ4v) is 2.48. The Hall–Kier alpha value is -2.10. The van der Waals surface area contributed by atoms with Crippen molar-refractivity contribution in [1.29, 1.82) is 0 Å². The summed E-state index contributed by atoms with van der Waals surface area (Å²) in [5.74, 6) is -1.09. The number of pyridine rings is 1. The van der Waals surface area contributed by atoms with Crippen molar-refractivity contribution in [3.05, 3.63) is 30.1 Å². The molecular formula is C11H10F3N3O3S. The number of carbonyl (C=O) groups is 1. The summed E-state index contributed by atoms with van der Waals surface area (Å²) in [6.07, 6.45) is -2.31. The van der Waals surface area contributed by atoms with Crippen LogP contribution in [-0.2, 0) is 9.84 Å². The molecule has 0 spiro atoms. The summed E-state index contributed by atoms with van der Waals surface area (Å²) in [7, 11) is -3.74. The van der Waals surface area contributed by atoms with Crippen LogP contribution in [0.4, 0.5) is 13.2 Å². The van der Waals surface area contributed by atoms with Crippen molar-refractivity contribution in [3.8, 4) is 0 Å². The van der Waals surface area contributed by atoms with Crippen LogP contribution >= 0.6 is 0 Å². The molecule has 0 bridgehead atoms. The van der Waals surface area contributed by atoms with Gasteiger partial charge in [-0.15, -0.1) is 0 Å². The largest absolute Gasteiger partial charge is 0.405 e. The zero-order chi connectivity index (χ0) is 15.8. The number of halogens is 3. The second-order valence-electron chi connectivity index (χ2n) is 4.27. The van der Waals surface area contributed by atoms with Gasteiger partial charge in [0.2, 0.25) is 15.0 Å². The average Bonchev–Trinajstić information content (AvgIpc) is 2.74. The zero-order valence-electron chi connectivity index (χ0n) is 10.7. The van der Waals surface area contributed by atoms with E-state index in [-0.39, 0.29) is 11.2 Å². The minimum absolute atomic E-state index is 0.109. The van der Waals surface area contributed by atoms with E-state index in [0.29, 0.717) is 0 Å². The van der Waals surface area contributed by atoms with Gasteiger partial charge in [-0.1, -0.05) is 6.07 Å². The Labute approximate surface area is 117 Å². The van der Waals surface area contributed by atoms with Crippen LogP contribution in [0.1, 0.15) is 10.5 Å². The molecule has 0 aliphatic heterocycles. The molecule has 1 N–H and O–H groups in total. The van der Waals surface area contributed by atoms with Crippen molar-refractivity contribution in [2.24, 2.45) is 0 Å². The van der Waals surface area contributed by atoms with Gasteiger partial charge >= 0.3 is 6.18 Å². The van der Waals surface area contributed by atoms with E-state index in [1.807, 2.05) is 0 Å². The van der Waals surface area contributed by atoms with Gasteiger partial charge in [0.1, 0.15) is 6.54 Å². The van der Waals surface area contributed by atoms with Crippen molar-refractivity contribution in [3.63, 3.8) is 0 Å². The lowest BCUT2D eigenvalue weighted by molar-refractivity contribution is -0.123. The first-order valence-corrected chi connectivity index (χ1v) is 7.51. The number of fused-ring (bicyclic) bond motifs is 1. The molecule has 114 valence electrons. The number of sulfone groups is 1. The molecule has 2 aromatic heterocycles. The fraction of sp³-hybridized carbons (Fsp3) is 0.273.